The van der Waals surface area contributed by atoms with Gasteiger partial charge < -0.3 is 84.1 Å². The predicted octanol–water partition coefficient (Wildman–Crippen LogP) is 21.8. The van der Waals surface area contributed by atoms with E-state index in [2.05, 4.69) is 172 Å². The summed E-state index contributed by atoms with van der Waals surface area (Å²) >= 11 is 2.97. The largest absolute Gasteiger partial charge is 0.508 e. The minimum Gasteiger partial charge on any atom is -0.508 e. The number of benzene rings is 9. The van der Waals surface area contributed by atoms with E-state index in [0.717, 1.165) is 109 Å². The Bertz CT molecular complexity index is 5830. The van der Waals surface area contributed by atoms with E-state index in [0.29, 0.717) is 103 Å². The average Bonchev–Trinajstić information content (AvgIpc) is 1.71. The van der Waals surface area contributed by atoms with Gasteiger partial charge in [-0.25, -0.2) is 43.1 Å². The molecule has 0 aliphatic heterocycles. The standard InChI is InChI=1S/C21H27FN2O3.C21H26FNO3.C20H26N2O4.C16H13N.C14H11FN2OS.C13H11N3OS/c1-24(2)20-8-5-18(6-9-20)3-4-19-7-10-21(23-17-19)27-16-15-26-14-13-25-12-11-22;1-23-20-8-4-18(5-9-20)2-3-19-6-10-21(11-7-19)26-17-16-25-15-14-24-13-12-22;1-21-19-7-4-17(5-8-19)2-3-18-6-9-20(22-16-18)26-15-14-25-13-12-24-11-10-23;1-12-6-8-14(9-7-12)16-11-10-13-4-2-3-5-15(13)17-16;1-16-11-4-2-8(6-10(11)15)14-17-12-5-3-9(18)7-13(12)19-14;1-14-12-5-2-8(7-15-12)13-16-10-4-3-9(17)6-11(10)18-13/h3-10,17H,11-16H2,1-2H3;2-11,23H,12-17H2,1H3;2-9,16,21,23H,10-15H2,1H3;2-11H,1H3;2-7,16,18H,1H3;2-7,17H,1H3,(H,14,15)/b4-3+;2*3-2+;;;/i;22-1;;;15-1;. The smallest absolute Gasteiger partial charge is 0.213 e. The lowest BCUT2D eigenvalue weighted by Crippen LogP contribution is -2.12. The Hall–Kier alpha value is -13.7. The number of nitrogens with one attached hydrogen (secondary N) is 4. The highest BCUT2D eigenvalue weighted by Gasteiger charge is 2.13. The van der Waals surface area contributed by atoms with Crippen LogP contribution in [0.5, 0.6) is 29.0 Å². The maximum atomic E-state index is 13.7. The van der Waals surface area contributed by atoms with Crippen LogP contribution in [0.1, 0.15) is 38.9 Å². The number of aliphatic hydroxyl groups excluding tert-OH is 1. The minimum absolute atomic E-state index is 0.0303. The zero-order chi connectivity index (χ0) is 93.8. The van der Waals surface area contributed by atoms with E-state index in [4.69, 9.17) is 47.7 Å². The molecule has 0 aliphatic rings. The molecule has 6 aromatic heterocycles. The Morgan fingerprint density at radius 1 is 0.376 bits per heavy atom. The molecule has 0 radical (unpaired) electrons. The van der Waals surface area contributed by atoms with Gasteiger partial charge in [0.05, 0.1) is 123 Å². The molecule has 7 N–H and O–H groups in total. The summed E-state index contributed by atoms with van der Waals surface area (Å²) in [7, 11) is 11.4. The van der Waals surface area contributed by atoms with E-state index >= 15 is 0 Å². The van der Waals surface area contributed by atoms with Crippen molar-refractivity contribution in [1.29, 1.82) is 0 Å². The van der Waals surface area contributed by atoms with E-state index < -0.39 is 13.3 Å². The fourth-order valence-electron chi connectivity index (χ4n) is 12.1. The van der Waals surface area contributed by atoms with Gasteiger partial charge in [-0.1, -0.05) is 139 Å². The lowest BCUT2D eigenvalue weighted by Gasteiger charge is -2.11. The highest BCUT2D eigenvalue weighted by molar-refractivity contribution is 7.22. The van der Waals surface area contributed by atoms with Crippen LogP contribution in [0.3, 0.4) is 0 Å². The molecule has 694 valence electrons. The van der Waals surface area contributed by atoms with Gasteiger partial charge in [0.2, 0.25) is 11.8 Å². The third-order valence-electron chi connectivity index (χ3n) is 19.3. The Balaban J connectivity index is 0.000000167. The molecule has 0 amide bonds. The van der Waals surface area contributed by atoms with Crippen LogP contribution >= 0.6 is 22.7 Å². The summed E-state index contributed by atoms with van der Waals surface area (Å²) in [6.45, 7) is 7.08. The number of aryl methyl sites for hydroxylation is 1. The Morgan fingerprint density at radius 3 is 1.27 bits per heavy atom. The van der Waals surface area contributed by atoms with Crippen molar-refractivity contribution < 1.29 is 71.1 Å². The zero-order valence-electron chi connectivity index (χ0n) is 75.7. The molecule has 133 heavy (non-hydrogen) atoms. The van der Waals surface area contributed by atoms with Crippen molar-refractivity contribution in [1.82, 2.24) is 29.9 Å². The zero-order valence-corrected chi connectivity index (χ0v) is 77.3. The molecule has 0 fully saturated rings. The van der Waals surface area contributed by atoms with Crippen LogP contribution in [0, 0.1) is 12.7 Å². The molecule has 0 bridgehead atoms. The van der Waals surface area contributed by atoms with E-state index in [1.807, 2.05) is 169 Å². The molecular weight excluding hydrogens is 1730 g/mol. The number of alkyl halides is 2. The SMILES string of the molecule is CN(C)c1ccc(/C=C/c2ccc(OCCOCCOCCF)nc2)cc1.CNc1ccc(-c2nc3ccc(O)cc3s2)cc1[18F].CNc1ccc(-c2nc3ccc(O)cc3s2)cn1.CNc1ccc(/C=C/c2ccc(OCCOCCOCCO)nc2)cc1.CNc1ccc(/C=C/c2ccc(OCCOCCOCC[18F])cc2)cc1.Cc1ccc(-c2ccc3ccccc3n2)cc1. The van der Waals surface area contributed by atoms with Gasteiger partial charge in [0, 0.05) is 112 Å². The van der Waals surface area contributed by atoms with Crippen LogP contribution in [0.2, 0.25) is 0 Å². The van der Waals surface area contributed by atoms with Gasteiger partial charge >= 0.3 is 0 Å². The second-order valence-corrected chi connectivity index (χ2v) is 31.3. The molecule has 28 heteroatoms. The number of phenols is 2. The number of anilines is 5. The van der Waals surface area contributed by atoms with Crippen molar-refractivity contribution in [3.05, 3.63) is 312 Å². The van der Waals surface area contributed by atoms with Gasteiger partial charge in [0.15, 0.2) is 0 Å². The Kier molecular flexibility index (Phi) is 43.9. The van der Waals surface area contributed by atoms with E-state index in [1.54, 1.807) is 73.4 Å². The molecule has 0 saturated heterocycles. The monoisotopic (exact) mass is 1840 g/mol. The van der Waals surface area contributed by atoms with Crippen molar-refractivity contribution >= 4 is 119 Å². The van der Waals surface area contributed by atoms with Gasteiger partial charge in [-0.15, -0.1) is 22.7 Å². The van der Waals surface area contributed by atoms with Crippen molar-refractivity contribution in [3.8, 4) is 61.4 Å². The first kappa shape index (κ1) is 101. The van der Waals surface area contributed by atoms with Crippen LogP contribution in [0.4, 0.5) is 41.7 Å². The molecule has 0 spiro atoms. The number of pyridine rings is 4. The summed E-state index contributed by atoms with van der Waals surface area (Å²) in [5.74, 6) is 2.93. The van der Waals surface area contributed by atoms with E-state index in [1.165, 1.54) is 39.6 Å². The molecule has 15 aromatic rings. The lowest BCUT2D eigenvalue weighted by atomic mass is 10.1. The third kappa shape index (κ3) is 36.2. The Labute approximate surface area is 783 Å². The number of phenolic OH excluding ortho intramolecular Hbond substituents is 2. The molecule has 9 aromatic carbocycles. The number of aliphatic hydroxyl groups is 1. The number of para-hydroxylation sites is 1. The van der Waals surface area contributed by atoms with Gasteiger partial charge in [-0.3, -0.25) is 0 Å². The summed E-state index contributed by atoms with van der Waals surface area (Å²) in [6.07, 6.45) is 17.6. The van der Waals surface area contributed by atoms with Crippen LogP contribution < -0.4 is 40.4 Å². The number of halogens is 3. The normalized spacial score (nSPS) is 10.9. The molecule has 0 saturated carbocycles. The molecule has 6 heterocycles. The average molecular weight is 1840 g/mol. The number of thiazole rings is 2. The summed E-state index contributed by atoms with van der Waals surface area (Å²) in [4.78, 5) is 28.6. The van der Waals surface area contributed by atoms with Crippen LogP contribution in [0.15, 0.2) is 267 Å². The molecule has 0 atom stereocenters. The summed E-state index contributed by atoms with van der Waals surface area (Å²) in [6, 6.07) is 80.2. The van der Waals surface area contributed by atoms with Gasteiger partial charge in [0.1, 0.15) is 72.1 Å². The van der Waals surface area contributed by atoms with E-state index in [9.17, 15) is 23.4 Å². The highest BCUT2D eigenvalue weighted by Crippen LogP contribution is 2.35. The van der Waals surface area contributed by atoms with Crippen molar-refractivity contribution in [2.24, 2.45) is 0 Å². The lowest BCUT2D eigenvalue weighted by molar-refractivity contribution is 0.0243. The second kappa shape index (κ2) is 57.5. The number of hydrogen-bond acceptors (Lipinski definition) is 25. The van der Waals surface area contributed by atoms with Crippen molar-refractivity contribution in [3.63, 3.8) is 0 Å². The molecule has 0 aliphatic carbocycles. The van der Waals surface area contributed by atoms with Crippen LogP contribution in [-0.4, -0.2) is 207 Å². The predicted molar refractivity (Wildman–Crippen MR) is 537 cm³/mol. The number of ether oxygens (including phenoxy) is 9. The fourth-order valence-corrected chi connectivity index (χ4v) is 14.1. The maximum Gasteiger partial charge on any atom is 0.213 e. The fraction of sp³-hybridized carbons (Fsp3) is 0.238. The number of nitrogens with zero attached hydrogens (tertiary/aromatic N) is 7. The van der Waals surface area contributed by atoms with Crippen molar-refractivity contribution in [2.45, 2.75) is 6.92 Å². The number of rotatable bonds is 41. The first-order chi connectivity index (χ1) is 65.1. The maximum absolute atomic E-state index is 13.7. The van der Waals surface area contributed by atoms with Crippen LogP contribution in [-0.2, 0) is 28.4 Å². The van der Waals surface area contributed by atoms with Crippen LogP contribution in [0.25, 0.3) is 100 Å². The highest BCUT2D eigenvalue weighted by atomic mass is 32.1. The number of aromatic nitrogens is 6. The number of aromatic hydroxyl groups is 2. The quantitative estimate of drug-likeness (QED) is 0.0139. The van der Waals surface area contributed by atoms with E-state index in [-0.39, 0.29) is 37.1 Å². The molecule has 15 rings (SSSR count). The van der Waals surface area contributed by atoms with Gasteiger partial charge in [-0.05, 0) is 180 Å². The summed E-state index contributed by atoms with van der Waals surface area (Å²) in [5.41, 5.74) is 18.3. The number of fused-ring (bicyclic) bond motifs is 3. The first-order valence-corrected chi connectivity index (χ1v) is 44.9. The number of hydrogen-bond donors (Lipinski definition) is 7. The molecule has 23 nitrogen and oxygen atoms in total. The summed E-state index contributed by atoms with van der Waals surface area (Å²) in [5, 5.41) is 42.2. The first-order valence-electron chi connectivity index (χ1n) is 43.3. The van der Waals surface area contributed by atoms with Gasteiger partial charge in [0.25, 0.3) is 0 Å². The molecule has 0 unspecified atom stereocenters. The Morgan fingerprint density at radius 2 is 0.820 bits per heavy atom. The minimum atomic E-state index is -0.470. The van der Waals surface area contributed by atoms with Gasteiger partial charge in [-0.2, -0.15) is 0 Å². The molecular formula is C105H114F3N11O12S2. The third-order valence-corrected chi connectivity index (χ3v) is 21.4. The second-order valence-electron chi connectivity index (χ2n) is 29.2. The van der Waals surface area contributed by atoms with Crippen molar-refractivity contribution in [2.75, 3.05) is 188 Å². The topological polar surface area (TPSA) is 272 Å². The summed E-state index contributed by atoms with van der Waals surface area (Å²) < 4.78 is 86.9.